The lowest BCUT2D eigenvalue weighted by Gasteiger charge is -2.36. The Balaban J connectivity index is 0.00000930. The van der Waals surface area contributed by atoms with E-state index in [1.807, 2.05) is 13.8 Å². The number of hydrogen-bond acceptors (Lipinski definition) is 9. The highest BCUT2D eigenvalue weighted by Gasteiger charge is 2.56. The molecular formula is C41H61F3N6O9. The summed E-state index contributed by atoms with van der Waals surface area (Å²) in [7, 11) is 3.13. The Morgan fingerprint density at radius 2 is 1.61 bits per heavy atom. The summed E-state index contributed by atoms with van der Waals surface area (Å²) >= 11 is 0. The van der Waals surface area contributed by atoms with Gasteiger partial charge in [-0.3, -0.25) is 24.0 Å². The molecule has 2 saturated heterocycles. The van der Waals surface area contributed by atoms with E-state index in [1.165, 1.54) is 9.80 Å². The van der Waals surface area contributed by atoms with Crippen LogP contribution in [0.3, 0.4) is 0 Å². The van der Waals surface area contributed by atoms with Crippen LogP contribution in [0.5, 0.6) is 0 Å². The fourth-order valence-corrected chi connectivity index (χ4v) is 8.01. The molecule has 0 bridgehead atoms. The molecule has 2 aliphatic heterocycles. The topological polar surface area (TPSA) is 207 Å². The van der Waals surface area contributed by atoms with E-state index in [4.69, 9.17) is 9.47 Å². The highest BCUT2D eigenvalue weighted by Crippen LogP contribution is 2.43. The molecule has 0 aromatic heterocycles. The maximum Gasteiger partial charge on any atom is 0.408 e. The molecule has 59 heavy (non-hydrogen) atoms. The van der Waals surface area contributed by atoms with Crippen LogP contribution in [0.2, 0.25) is 0 Å². The van der Waals surface area contributed by atoms with Crippen LogP contribution < -0.4 is 21.3 Å². The Kier molecular flexibility index (Phi) is 16.5. The number of benzene rings is 1. The molecule has 5 amide bonds. The Morgan fingerprint density at radius 3 is 2.19 bits per heavy atom. The smallest absolute Gasteiger partial charge is 0.408 e. The fourth-order valence-electron chi connectivity index (χ4n) is 8.01. The van der Waals surface area contributed by atoms with Crippen molar-refractivity contribution in [1.82, 2.24) is 31.1 Å². The molecule has 3 aliphatic rings. The quantitative estimate of drug-likeness (QED) is 0.191. The zero-order valence-corrected chi connectivity index (χ0v) is 35.0. The molecule has 6 atom stereocenters. The van der Waals surface area contributed by atoms with Gasteiger partial charge in [0.2, 0.25) is 23.5 Å². The van der Waals surface area contributed by atoms with Gasteiger partial charge in [0.15, 0.2) is 0 Å². The van der Waals surface area contributed by atoms with Crippen LogP contribution in [0.1, 0.15) is 97.6 Å². The number of amides is 5. The van der Waals surface area contributed by atoms with Crippen LogP contribution in [0.15, 0.2) is 42.6 Å². The van der Waals surface area contributed by atoms with E-state index >= 15 is 0 Å². The lowest BCUT2D eigenvalue weighted by atomic mass is 9.83. The molecule has 1 aliphatic carbocycles. The molecule has 3 fully saturated rings. The Labute approximate surface area is 343 Å². The third-order valence-corrected chi connectivity index (χ3v) is 10.6. The molecule has 2 heterocycles. The Morgan fingerprint density at radius 1 is 0.983 bits per heavy atom. The number of ketones is 1. The lowest BCUT2D eigenvalue weighted by molar-refractivity contribution is -0.147. The third-order valence-electron chi connectivity index (χ3n) is 10.6. The van der Waals surface area contributed by atoms with Crippen LogP contribution in [-0.2, 0) is 33.4 Å². The van der Waals surface area contributed by atoms with Crippen molar-refractivity contribution >= 4 is 35.5 Å². The van der Waals surface area contributed by atoms with E-state index in [9.17, 15) is 41.9 Å². The van der Waals surface area contributed by atoms with Gasteiger partial charge in [-0.25, -0.2) is 4.79 Å². The van der Waals surface area contributed by atoms with E-state index in [2.05, 4.69) is 27.8 Å². The molecule has 1 aromatic carbocycles. The van der Waals surface area contributed by atoms with E-state index < -0.39 is 96.0 Å². The maximum absolute atomic E-state index is 14.5. The number of nitrogens with one attached hydrogen (secondary N) is 4. The van der Waals surface area contributed by atoms with E-state index in [-0.39, 0.29) is 36.1 Å². The molecule has 0 radical (unpaired) electrons. The molecule has 15 nitrogen and oxygen atoms in total. The van der Waals surface area contributed by atoms with Crippen molar-refractivity contribution < 1.29 is 56.9 Å². The van der Waals surface area contributed by atoms with Crippen LogP contribution in [0, 0.1) is 11.8 Å². The first-order valence-corrected chi connectivity index (χ1v) is 19.8. The summed E-state index contributed by atoms with van der Waals surface area (Å²) in [6.07, 6.45) is -4.40. The lowest BCUT2D eigenvalue weighted by Crippen LogP contribution is -2.59. The highest BCUT2D eigenvalue weighted by atomic mass is 19.4. The summed E-state index contributed by atoms with van der Waals surface area (Å²) in [5.74, 6) is -5.31. The summed E-state index contributed by atoms with van der Waals surface area (Å²) in [5, 5.41) is 10.4. The van der Waals surface area contributed by atoms with E-state index in [0.717, 1.165) is 19.3 Å². The maximum atomic E-state index is 14.5. The minimum absolute atomic E-state index is 0. The number of nitrogens with zero attached hydrogens (tertiary/aromatic N) is 2. The number of likely N-dealkylation sites (tertiary alicyclic amines) is 1. The molecule has 1 unspecified atom stereocenters. The van der Waals surface area contributed by atoms with Crippen molar-refractivity contribution in [3.63, 3.8) is 0 Å². The monoisotopic (exact) mass is 838 g/mol. The normalized spacial score (nSPS) is 21.7. The first-order valence-electron chi connectivity index (χ1n) is 19.8. The highest BCUT2D eigenvalue weighted by molar-refractivity contribution is 6.38. The number of ether oxygens (including phenoxy) is 2. The number of carbonyl (C=O) groups excluding carboxylic acids is 6. The number of alkyl carbamates (subject to hydrolysis) is 1. The van der Waals surface area contributed by atoms with Gasteiger partial charge in [-0.05, 0) is 71.8 Å². The number of carbonyl (C=O) groups is 6. The summed E-state index contributed by atoms with van der Waals surface area (Å²) < 4.78 is 52.4. The number of halogens is 3. The number of Topliss-reactive ketones (excluding diaryl/α,β-unsaturated/α-hetero) is 1. The summed E-state index contributed by atoms with van der Waals surface area (Å²) in [6, 6.07) is 3.53. The molecule has 1 saturated carbocycles. The second kappa shape index (κ2) is 20.0. The van der Waals surface area contributed by atoms with Gasteiger partial charge < -0.3 is 46.0 Å². The van der Waals surface area contributed by atoms with Gasteiger partial charge in [0.25, 0.3) is 5.91 Å². The second-order valence-corrected chi connectivity index (χ2v) is 17.3. The zero-order chi connectivity index (χ0) is 43.2. The molecule has 330 valence electrons. The van der Waals surface area contributed by atoms with Crippen LogP contribution in [0.4, 0.5) is 18.0 Å². The number of fused-ring (bicyclic) bond motifs is 1. The fraction of sp³-hybridized carbons (Fsp3) is 0.659. The van der Waals surface area contributed by atoms with Crippen molar-refractivity contribution in [2.45, 2.75) is 134 Å². The molecule has 1 aromatic rings. The Bertz CT molecular complexity index is 1680. The van der Waals surface area contributed by atoms with Crippen molar-refractivity contribution in [3.05, 3.63) is 48.2 Å². The van der Waals surface area contributed by atoms with Crippen molar-refractivity contribution in [3.8, 4) is 0 Å². The summed E-state index contributed by atoms with van der Waals surface area (Å²) in [6.45, 7) is 12.1. The largest absolute Gasteiger partial charge is 0.444 e. The third kappa shape index (κ3) is 13.7. The average molecular weight is 839 g/mol. The van der Waals surface area contributed by atoms with Gasteiger partial charge in [0, 0.05) is 38.7 Å². The van der Waals surface area contributed by atoms with Gasteiger partial charge >= 0.3 is 12.3 Å². The minimum Gasteiger partial charge on any atom is -0.444 e. The van der Waals surface area contributed by atoms with Gasteiger partial charge in [-0.15, -0.1) is 0 Å². The van der Waals surface area contributed by atoms with Gasteiger partial charge in [0.05, 0.1) is 24.3 Å². The van der Waals surface area contributed by atoms with E-state index in [0.29, 0.717) is 24.8 Å². The molecular weight excluding hydrogens is 777 g/mol. The van der Waals surface area contributed by atoms with Crippen LogP contribution in [-0.4, -0.2) is 120 Å². The Hall–Kier alpha value is -4.71. The first-order chi connectivity index (χ1) is 27.0. The predicted molar refractivity (Wildman–Crippen MR) is 211 cm³/mol. The van der Waals surface area contributed by atoms with Crippen molar-refractivity contribution in [2.75, 3.05) is 27.2 Å². The predicted octanol–water partition coefficient (Wildman–Crippen LogP) is 3.48. The van der Waals surface area contributed by atoms with E-state index in [1.54, 1.807) is 65.2 Å². The van der Waals surface area contributed by atoms with Crippen LogP contribution in [0.25, 0.3) is 0 Å². The second-order valence-electron chi connectivity index (χ2n) is 17.3. The van der Waals surface area contributed by atoms with Gasteiger partial charge in [-0.2, -0.15) is 13.2 Å². The SMILES string of the molecule is C=C(CNC(=O)C(=O)C(CCC(F)(F)F)NC(=O)[C@@H]1[C@H]2CC(C)(C)O[C@H]2CN1C(=O)[C@@H](NC(=O)OC(C)(C)C)C1CCCCC1)N[C@H](C(=O)N(C)C)c1ccccc1.O. The average Bonchev–Trinajstić information content (AvgIpc) is 3.63. The number of alkyl halides is 3. The van der Waals surface area contributed by atoms with Crippen LogP contribution >= 0.6 is 0 Å². The zero-order valence-electron chi connectivity index (χ0n) is 35.0. The van der Waals surface area contributed by atoms with Crippen molar-refractivity contribution in [1.29, 1.82) is 0 Å². The standard InChI is InChI=1S/C41H59F3N6O8.H2O/c1-24(46-30(36(54)49(7)8)25-15-11-9-12-16-25)22-45-35(53)33(51)28(19-20-41(42,43)44)47-34(52)32-27-21-40(5,6)57-29(27)23-50(32)37(55)31(26-17-13-10-14-18-26)48-38(56)58-39(2,3)4;/h9,11-12,15-16,26-32,46H,1,10,13-14,17-23H2,2-8H3,(H,45,53)(H,47,52)(H,48,56);1H2/t27-,28?,29-,30-,31-,32-;/m0./s1. The molecule has 4 rings (SSSR count). The summed E-state index contributed by atoms with van der Waals surface area (Å²) in [4.78, 5) is 84.3. The number of hydrogen-bond donors (Lipinski definition) is 4. The summed E-state index contributed by atoms with van der Waals surface area (Å²) in [5.41, 5.74) is -0.828. The van der Waals surface area contributed by atoms with Gasteiger partial charge in [-0.1, -0.05) is 56.2 Å². The van der Waals surface area contributed by atoms with Gasteiger partial charge in [0.1, 0.15) is 23.7 Å². The molecule has 18 heteroatoms. The number of rotatable bonds is 15. The minimum atomic E-state index is -4.73. The molecule has 6 N–H and O–H groups in total. The number of likely N-dealkylation sites (N-methyl/N-ethyl adjacent to an activating group) is 1. The first kappa shape index (κ1) is 48.7. The molecule has 0 spiro atoms. The van der Waals surface area contributed by atoms with Crippen molar-refractivity contribution in [2.24, 2.45) is 11.8 Å².